The highest BCUT2D eigenvalue weighted by atomic mass is 35.5. The Morgan fingerprint density at radius 1 is 0.530 bits per heavy atom. The molecular weight excluding hydrogens is 1060 g/mol. The summed E-state index contributed by atoms with van der Waals surface area (Å²) >= 11 is 5.67. The molecule has 0 spiro atoms. The van der Waals surface area contributed by atoms with E-state index in [1.54, 1.807) is 21.9 Å². The third kappa shape index (κ3) is 18.0. The molecule has 2 atom stereocenters. The first-order chi connectivity index (χ1) is 39.9. The molecule has 0 aliphatic carbocycles. The maximum atomic E-state index is 12.3. The Morgan fingerprint density at radius 2 is 0.976 bits per heavy atom. The third-order valence-electron chi connectivity index (χ3n) is 15.3. The number of anilines is 2. The largest absolute Gasteiger partial charge is 0.508 e. The first kappa shape index (κ1) is 62.1. The Bertz CT molecular complexity index is 2950. The van der Waals surface area contributed by atoms with Crippen LogP contribution in [0.25, 0.3) is 0 Å². The van der Waals surface area contributed by atoms with E-state index in [9.17, 15) is 14.7 Å². The molecule has 0 radical (unpaired) electrons. The van der Waals surface area contributed by atoms with Gasteiger partial charge >= 0.3 is 12.2 Å². The van der Waals surface area contributed by atoms with Crippen LogP contribution in [0.3, 0.4) is 0 Å². The van der Waals surface area contributed by atoms with Gasteiger partial charge in [0, 0.05) is 95.8 Å². The summed E-state index contributed by atoms with van der Waals surface area (Å²) in [5.41, 5.74) is 10.8. The summed E-state index contributed by atoms with van der Waals surface area (Å²) in [7, 11) is 0. The fourth-order valence-corrected chi connectivity index (χ4v) is 11.3. The van der Waals surface area contributed by atoms with Crippen molar-refractivity contribution < 1.29 is 33.6 Å². The number of unbranched alkanes of at least 4 members (excludes halogenated alkanes) is 1. The van der Waals surface area contributed by atoms with Crippen molar-refractivity contribution in [1.29, 1.82) is 0 Å². The second-order valence-electron chi connectivity index (χ2n) is 23.9. The molecule has 6 aromatic rings. The number of para-hydroxylation sites is 2. The number of rotatable bonds is 14. The number of carbonyl (C=O) groups is 2. The SMILES string of the molecule is CC(C)(C)OC(=O)N1CCN(CCCl)CC1.CCCCOc1ccc2c(c1)CCN(c1ccccc1)C2c1ccc(OCCN2CCN(C(=O)OC(C)(C)C)CC2)cc1.Cc1ccc2c(c1)CCN(c1ccccc1)C2c1ccc(O)cc1. The quantitative estimate of drug-likeness (QED) is 0.0831. The predicted molar refractivity (Wildman–Crippen MR) is 336 cm³/mol. The lowest BCUT2D eigenvalue weighted by Gasteiger charge is -2.39. The van der Waals surface area contributed by atoms with Crippen molar-refractivity contribution in [3.63, 3.8) is 0 Å². The Kier molecular flexibility index (Phi) is 22.1. The maximum absolute atomic E-state index is 12.3. The number of hydrogen-bond donors (Lipinski definition) is 1. The van der Waals surface area contributed by atoms with Crippen LogP contribution in [-0.2, 0) is 22.3 Å². The van der Waals surface area contributed by atoms with E-state index in [1.807, 2.05) is 53.7 Å². The van der Waals surface area contributed by atoms with Gasteiger partial charge in [-0.15, -0.1) is 11.6 Å². The molecule has 0 bridgehead atoms. The van der Waals surface area contributed by atoms with Crippen molar-refractivity contribution in [2.45, 2.75) is 104 Å². The lowest BCUT2D eigenvalue weighted by Crippen LogP contribution is -2.50. The van der Waals surface area contributed by atoms with Gasteiger partial charge in [0.15, 0.2) is 0 Å². The lowest BCUT2D eigenvalue weighted by atomic mass is 9.87. The van der Waals surface area contributed by atoms with Crippen LogP contribution >= 0.6 is 11.6 Å². The molecule has 4 aliphatic heterocycles. The standard InChI is InChI=1S/C36H47N3O4.C22H21NO.C11H21ClN2O2/c1-5-6-25-41-32-16-17-33-29(27-32)18-19-39(30-10-8-7-9-11-30)34(33)28-12-14-31(15-13-28)42-26-24-37-20-22-38(23-21-37)35(40)43-36(2,3)4;1-16-7-12-21-18(15-16)13-14-23(19-5-3-2-4-6-19)22(21)17-8-10-20(24)11-9-17;1-11(2,3)16-10(15)14-8-6-13(5-4-12)7-9-14/h7-17,27,34H,5-6,18-26H2,1-4H3;2-12,15,22,24H,13-14H2,1H3;4-9H2,1-3H3. The number of amides is 2. The number of fused-ring (bicyclic) bond motifs is 2. The van der Waals surface area contributed by atoms with E-state index >= 15 is 0 Å². The zero-order valence-electron chi connectivity index (χ0n) is 50.4. The Morgan fingerprint density at radius 3 is 1.46 bits per heavy atom. The second-order valence-corrected chi connectivity index (χ2v) is 24.3. The normalized spacial score (nSPS) is 17.4. The van der Waals surface area contributed by atoms with Gasteiger partial charge < -0.3 is 43.7 Å². The lowest BCUT2D eigenvalue weighted by molar-refractivity contribution is 0.0132. The van der Waals surface area contributed by atoms with Crippen LogP contribution in [-0.4, -0.2) is 146 Å². The smallest absolute Gasteiger partial charge is 0.410 e. The summed E-state index contributed by atoms with van der Waals surface area (Å²) in [4.78, 5) is 37.2. The van der Waals surface area contributed by atoms with Gasteiger partial charge in [-0.25, -0.2) is 9.59 Å². The van der Waals surface area contributed by atoms with Crippen molar-refractivity contribution in [3.05, 3.63) is 185 Å². The third-order valence-corrected chi connectivity index (χ3v) is 15.5. The number of phenolic OH excluding ortho intramolecular Hbond substituents is 1. The molecule has 83 heavy (non-hydrogen) atoms. The van der Waals surface area contributed by atoms with Gasteiger partial charge in [0.05, 0.1) is 18.7 Å². The summed E-state index contributed by atoms with van der Waals surface area (Å²) in [6.45, 7) is 26.9. The van der Waals surface area contributed by atoms with E-state index in [1.165, 1.54) is 50.3 Å². The minimum Gasteiger partial charge on any atom is -0.508 e. The van der Waals surface area contributed by atoms with Crippen LogP contribution in [0.1, 0.15) is 112 Å². The second kappa shape index (κ2) is 29.5. The highest BCUT2D eigenvalue weighted by molar-refractivity contribution is 6.18. The summed E-state index contributed by atoms with van der Waals surface area (Å²) in [6.07, 6.45) is 3.81. The molecule has 0 aromatic heterocycles. The monoisotopic (exact) mass is 1150 g/mol. The van der Waals surface area contributed by atoms with Crippen LogP contribution in [0.5, 0.6) is 17.2 Å². The molecule has 1 N–H and O–H groups in total. The highest BCUT2D eigenvalue weighted by Gasteiger charge is 2.32. The molecule has 0 saturated carbocycles. The Hall–Kier alpha value is -6.93. The van der Waals surface area contributed by atoms with Crippen molar-refractivity contribution in [1.82, 2.24) is 19.6 Å². The fourth-order valence-electron chi connectivity index (χ4n) is 11.1. The van der Waals surface area contributed by atoms with Crippen LogP contribution in [0.4, 0.5) is 21.0 Å². The number of halogens is 1. The number of aryl methyl sites for hydroxylation is 1. The Labute approximate surface area is 499 Å². The molecule has 2 saturated heterocycles. The van der Waals surface area contributed by atoms with Crippen molar-refractivity contribution >= 4 is 35.2 Å². The number of ether oxygens (including phenoxy) is 4. The van der Waals surface area contributed by atoms with Gasteiger partial charge in [0.2, 0.25) is 0 Å². The summed E-state index contributed by atoms with van der Waals surface area (Å²) in [6, 6.07) is 51.2. The van der Waals surface area contributed by atoms with Gasteiger partial charge in [-0.05, 0) is 162 Å². The molecule has 13 nitrogen and oxygen atoms in total. The van der Waals surface area contributed by atoms with E-state index in [-0.39, 0.29) is 24.3 Å². The van der Waals surface area contributed by atoms with Crippen LogP contribution in [0.15, 0.2) is 146 Å². The van der Waals surface area contributed by atoms with E-state index in [2.05, 4.69) is 155 Å². The van der Waals surface area contributed by atoms with E-state index in [0.717, 1.165) is 109 Å². The maximum Gasteiger partial charge on any atom is 0.410 e. The topological polar surface area (TPSA) is 111 Å². The molecule has 2 fully saturated rings. The zero-order chi connectivity index (χ0) is 58.9. The molecule has 4 aliphatic rings. The molecule has 10 rings (SSSR count). The summed E-state index contributed by atoms with van der Waals surface area (Å²) in [5, 5.41) is 9.66. The van der Waals surface area contributed by atoms with Crippen molar-refractivity contribution in [2.24, 2.45) is 0 Å². The molecule has 4 heterocycles. The highest BCUT2D eigenvalue weighted by Crippen LogP contribution is 2.41. The number of alkyl halides is 1. The van der Waals surface area contributed by atoms with E-state index < -0.39 is 11.2 Å². The van der Waals surface area contributed by atoms with Gasteiger partial charge in [0.25, 0.3) is 0 Å². The van der Waals surface area contributed by atoms with Crippen molar-refractivity contribution in [2.75, 3.05) is 107 Å². The molecule has 2 amide bonds. The number of benzene rings is 6. The van der Waals surface area contributed by atoms with Gasteiger partial charge in [-0.3, -0.25) is 9.80 Å². The average molecular weight is 1150 g/mol. The molecule has 14 heteroatoms. The first-order valence-corrected chi connectivity index (χ1v) is 30.5. The van der Waals surface area contributed by atoms with E-state index in [0.29, 0.717) is 31.3 Å². The minimum absolute atomic E-state index is 0.117. The molecule has 444 valence electrons. The zero-order valence-corrected chi connectivity index (χ0v) is 51.2. The van der Waals surface area contributed by atoms with Gasteiger partial charge in [-0.2, -0.15) is 0 Å². The number of nitrogens with zero attached hydrogens (tertiary/aromatic N) is 6. The van der Waals surface area contributed by atoms with Crippen LogP contribution in [0.2, 0.25) is 0 Å². The number of carbonyl (C=O) groups excluding carboxylic acids is 2. The predicted octanol–water partition coefficient (Wildman–Crippen LogP) is 13.6. The molecule has 6 aromatic carbocycles. The van der Waals surface area contributed by atoms with E-state index in [4.69, 9.17) is 30.5 Å². The fraction of sp³-hybridized carbons (Fsp3) is 0.449. The summed E-state index contributed by atoms with van der Waals surface area (Å²) in [5.74, 6) is 2.80. The van der Waals surface area contributed by atoms with Crippen LogP contribution < -0.4 is 19.3 Å². The summed E-state index contributed by atoms with van der Waals surface area (Å²) < 4.78 is 23.0. The number of aromatic hydroxyl groups is 1. The number of phenols is 1. The van der Waals surface area contributed by atoms with Gasteiger partial charge in [0.1, 0.15) is 35.1 Å². The number of hydrogen-bond acceptors (Lipinski definition) is 11. The Balaban J connectivity index is 0.000000187. The molecular formula is C69H89ClN6O7. The average Bonchev–Trinajstić information content (AvgIpc) is 3.20. The van der Waals surface area contributed by atoms with Crippen LogP contribution in [0, 0.1) is 6.92 Å². The molecule has 2 unspecified atom stereocenters. The van der Waals surface area contributed by atoms with Crippen molar-refractivity contribution in [3.8, 4) is 17.2 Å². The first-order valence-electron chi connectivity index (χ1n) is 29.9. The van der Waals surface area contributed by atoms with Gasteiger partial charge in [-0.1, -0.05) is 104 Å². The minimum atomic E-state index is -0.468. The number of piperazine rings is 2.